The fourth-order valence-electron chi connectivity index (χ4n) is 2.13. The zero-order chi connectivity index (χ0) is 14.5. The smallest absolute Gasteiger partial charge is 0.214 e. The maximum atomic E-state index is 12.3. The van der Waals surface area contributed by atoms with E-state index < -0.39 is 10.0 Å². The second kappa shape index (κ2) is 7.25. The first-order valence-electron chi connectivity index (χ1n) is 7.01. The molecule has 4 nitrogen and oxygen atoms in total. The Balaban J connectivity index is 2.54. The molecule has 1 aliphatic rings. The number of nitrogens with zero attached hydrogens (tertiary/aromatic N) is 2. The third-order valence-corrected chi connectivity index (χ3v) is 5.49. The van der Waals surface area contributed by atoms with Crippen LogP contribution in [0.5, 0.6) is 0 Å². The summed E-state index contributed by atoms with van der Waals surface area (Å²) in [6.45, 7) is 10.1. The van der Waals surface area contributed by atoms with Gasteiger partial charge in [-0.2, -0.15) is 0 Å². The lowest BCUT2D eigenvalue weighted by atomic mass is 9.94. The zero-order valence-electron chi connectivity index (χ0n) is 12.4. The first kappa shape index (κ1) is 17.2. The first-order valence-corrected chi connectivity index (χ1v) is 9.15. The predicted octanol–water partition coefficient (Wildman–Crippen LogP) is 2.00. The van der Waals surface area contributed by atoms with E-state index in [-0.39, 0.29) is 11.2 Å². The molecule has 0 aliphatic carbocycles. The Morgan fingerprint density at radius 3 is 2.37 bits per heavy atom. The third-order valence-electron chi connectivity index (χ3n) is 3.45. The molecule has 0 amide bonds. The van der Waals surface area contributed by atoms with E-state index in [9.17, 15) is 8.42 Å². The highest BCUT2D eigenvalue weighted by molar-refractivity contribution is 7.89. The molecule has 0 aromatic heterocycles. The van der Waals surface area contributed by atoms with Crippen molar-refractivity contribution in [3.05, 3.63) is 0 Å². The average molecular weight is 311 g/mol. The highest BCUT2D eigenvalue weighted by atomic mass is 35.5. The lowest BCUT2D eigenvalue weighted by Crippen LogP contribution is -2.37. The molecule has 0 atom stereocenters. The lowest BCUT2D eigenvalue weighted by Gasteiger charge is -2.24. The zero-order valence-corrected chi connectivity index (χ0v) is 13.9. The van der Waals surface area contributed by atoms with Crippen molar-refractivity contribution in [2.45, 2.75) is 33.6 Å². The molecule has 0 unspecified atom stereocenters. The van der Waals surface area contributed by atoms with Crippen molar-refractivity contribution in [3.63, 3.8) is 0 Å². The molecule has 1 heterocycles. The second-order valence-corrected chi connectivity index (χ2v) is 8.88. The Kier molecular flexibility index (Phi) is 6.57. The van der Waals surface area contributed by atoms with Gasteiger partial charge in [-0.25, -0.2) is 12.7 Å². The van der Waals surface area contributed by atoms with Gasteiger partial charge >= 0.3 is 0 Å². The highest BCUT2D eigenvalue weighted by Crippen LogP contribution is 2.21. The molecular formula is C13H27ClN2O2S. The molecule has 0 bridgehead atoms. The number of hydrogen-bond donors (Lipinski definition) is 0. The maximum absolute atomic E-state index is 12.3. The summed E-state index contributed by atoms with van der Waals surface area (Å²) in [5, 5.41) is 0. The van der Waals surface area contributed by atoms with Crippen molar-refractivity contribution >= 4 is 21.6 Å². The maximum Gasteiger partial charge on any atom is 0.214 e. The van der Waals surface area contributed by atoms with Gasteiger partial charge < -0.3 is 4.90 Å². The minimum absolute atomic E-state index is 0.0591. The third kappa shape index (κ3) is 6.43. The van der Waals surface area contributed by atoms with E-state index in [1.54, 1.807) is 4.31 Å². The van der Waals surface area contributed by atoms with Crippen LogP contribution in [0.4, 0.5) is 0 Å². The molecule has 1 saturated heterocycles. The fourth-order valence-corrected chi connectivity index (χ4v) is 4.27. The van der Waals surface area contributed by atoms with Crippen molar-refractivity contribution in [2.75, 3.05) is 44.4 Å². The Labute approximate surface area is 123 Å². The van der Waals surface area contributed by atoms with Crippen LogP contribution in [0, 0.1) is 5.41 Å². The normalized spacial score (nSPS) is 20.4. The summed E-state index contributed by atoms with van der Waals surface area (Å²) in [6, 6.07) is 0. The summed E-state index contributed by atoms with van der Waals surface area (Å²) >= 11 is 5.74. The monoisotopic (exact) mass is 310 g/mol. The number of halogens is 1. The van der Waals surface area contributed by atoms with Crippen LogP contribution in [0.2, 0.25) is 0 Å². The molecule has 0 aromatic carbocycles. The minimum atomic E-state index is -3.10. The van der Waals surface area contributed by atoms with E-state index in [2.05, 4.69) is 25.7 Å². The van der Waals surface area contributed by atoms with Crippen molar-refractivity contribution in [3.8, 4) is 0 Å². The summed E-state index contributed by atoms with van der Waals surface area (Å²) in [7, 11) is -3.10. The number of hydrogen-bond acceptors (Lipinski definition) is 3. The van der Waals surface area contributed by atoms with Gasteiger partial charge in [0.05, 0.1) is 5.75 Å². The van der Waals surface area contributed by atoms with Gasteiger partial charge in [0.2, 0.25) is 10.0 Å². The Morgan fingerprint density at radius 1 is 1.11 bits per heavy atom. The van der Waals surface area contributed by atoms with Gasteiger partial charge in [-0.1, -0.05) is 20.8 Å². The Bertz CT molecular complexity index is 365. The van der Waals surface area contributed by atoms with Crippen LogP contribution in [0.1, 0.15) is 33.6 Å². The topological polar surface area (TPSA) is 40.6 Å². The lowest BCUT2D eigenvalue weighted by molar-refractivity contribution is 0.303. The summed E-state index contributed by atoms with van der Waals surface area (Å²) in [5.74, 6) is 0.864. The SMILES string of the molecule is CC(C)(C)CCS(=O)(=O)N1CCCN(CCCl)CC1. The van der Waals surface area contributed by atoms with Crippen LogP contribution in [0.15, 0.2) is 0 Å². The molecule has 0 aromatic rings. The van der Waals surface area contributed by atoms with Crippen LogP contribution >= 0.6 is 11.6 Å². The molecule has 0 N–H and O–H groups in total. The van der Waals surface area contributed by atoms with E-state index in [0.29, 0.717) is 25.4 Å². The summed E-state index contributed by atoms with van der Waals surface area (Å²) in [6.07, 6.45) is 1.60. The second-order valence-electron chi connectivity index (χ2n) is 6.41. The van der Waals surface area contributed by atoms with Gasteiger partial charge in [-0.15, -0.1) is 11.6 Å². The van der Waals surface area contributed by atoms with Crippen molar-refractivity contribution in [2.24, 2.45) is 5.41 Å². The quantitative estimate of drug-likeness (QED) is 0.729. The first-order chi connectivity index (χ1) is 8.74. The molecule has 1 aliphatic heterocycles. The summed E-state index contributed by atoms with van der Waals surface area (Å²) in [4.78, 5) is 2.24. The number of sulfonamides is 1. The van der Waals surface area contributed by atoms with Gasteiger partial charge in [0.1, 0.15) is 0 Å². The van der Waals surface area contributed by atoms with Crippen molar-refractivity contribution in [1.82, 2.24) is 9.21 Å². The van der Waals surface area contributed by atoms with E-state index in [1.165, 1.54) is 0 Å². The average Bonchev–Trinajstić information content (AvgIpc) is 2.52. The molecule has 1 rings (SSSR count). The van der Waals surface area contributed by atoms with Crippen LogP contribution in [-0.2, 0) is 10.0 Å². The Morgan fingerprint density at radius 2 is 1.79 bits per heavy atom. The minimum Gasteiger partial charge on any atom is -0.301 e. The van der Waals surface area contributed by atoms with E-state index in [4.69, 9.17) is 11.6 Å². The number of rotatable bonds is 5. The van der Waals surface area contributed by atoms with Gasteiger partial charge in [-0.3, -0.25) is 0 Å². The van der Waals surface area contributed by atoms with Gasteiger partial charge in [-0.05, 0) is 24.8 Å². The van der Waals surface area contributed by atoms with Crippen molar-refractivity contribution in [1.29, 1.82) is 0 Å². The van der Waals surface area contributed by atoms with Crippen molar-refractivity contribution < 1.29 is 8.42 Å². The standard InChI is InChI=1S/C13H27ClN2O2S/c1-13(2,3)5-12-19(17,18)16-8-4-7-15(9-6-14)10-11-16/h4-12H2,1-3H3. The molecule has 1 fully saturated rings. The molecule has 0 saturated carbocycles. The van der Waals surface area contributed by atoms with Crippen LogP contribution in [-0.4, -0.2) is 62.0 Å². The van der Waals surface area contributed by atoms with E-state index in [0.717, 1.165) is 26.1 Å². The van der Waals surface area contributed by atoms with Crippen LogP contribution < -0.4 is 0 Å². The summed E-state index contributed by atoms with van der Waals surface area (Å²) < 4.78 is 26.3. The molecule has 114 valence electrons. The number of alkyl halides is 1. The fraction of sp³-hybridized carbons (Fsp3) is 1.00. The molecule has 0 radical (unpaired) electrons. The van der Waals surface area contributed by atoms with Gasteiger partial charge in [0, 0.05) is 32.1 Å². The highest BCUT2D eigenvalue weighted by Gasteiger charge is 2.26. The largest absolute Gasteiger partial charge is 0.301 e. The van der Waals surface area contributed by atoms with Crippen LogP contribution in [0.3, 0.4) is 0 Å². The molecule has 6 heteroatoms. The molecule has 0 spiro atoms. The molecular weight excluding hydrogens is 284 g/mol. The summed E-state index contributed by atoms with van der Waals surface area (Å²) in [5.41, 5.74) is 0.0591. The van der Waals surface area contributed by atoms with E-state index in [1.807, 2.05) is 0 Å². The Hall–Kier alpha value is 0.160. The molecule has 19 heavy (non-hydrogen) atoms. The predicted molar refractivity (Wildman–Crippen MR) is 81.2 cm³/mol. The van der Waals surface area contributed by atoms with E-state index >= 15 is 0 Å². The van der Waals surface area contributed by atoms with Gasteiger partial charge in [0.25, 0.3) is 0 Å². The van der Waals surface area contributed by atoms with Crippen LogP contribution in [0.25, 0.3) is 0 Å². The van der Waals surface area contributed by atoms with Gasteiger partial charge in [0.15, 0.2) is 0 Å².